The van der Waals surface area contributed by atoms with Gasteiger partial charge in [0.2, 0.25) is 10.0 Å². The number of methoxy groups -OCH3 is 1. The first-order valence-corrected chi connectivity index (χ1v) is 11.8. The minimum atomic E-state index is -3.85. The number of hydrogen-bond donors (Lipinski definition) is 1. The molecule has 0 aromatic heterocycles. The number of rotatable bonds is 6. The molecular formula is C23H32N2O5S. The Bertz CT molecular complexity index is 1010. The fourth-order valence-electron chi connectivity index (χ4n) is 3.85. The van der Waals surface area contributed by atoms with Crippen molar-refractivity contribution in [2.75, 3.05) is 40.9 Å². The molecule has 1 N–H and O–H groups in total. The lowest BCUT2D eigenvalue weighted by molar-refractivity contribution is 0.0813. The second kappa shape index (κ2) is 9.56. The summed E-state index contributed by atoms with van der Waals surface area (Å²) in [5.41, 5.74) is 1.67. The molecule has 0 amide bonds. The standard InChI is InChI=1S/C23H32N2O5S/c1-16-13-25(17(2)15-26)31(27,28)23-11-10-18(19-8-6-7-9-20(19)29-5)12-21(23)30-22(16)14-24(3)4/h6-12,16-17,22,26H,13-15H2,1-5H3/t16-,17-,22-/m1/s1. The third-order valence-electron chi connectivity index (χ3n) is 5.63. The molecule has 0 saturated heterocycles. The van der Waals surface area contributed by atoms with Crippen LogP contribution in [0.15, 0.2) is 47.4 Å². The molecule has 0 spiro atoms. The van der Waals surface area contributed by atoms with Crippen LogP contribution in [0.2, 0.25) is 0 Å². The van der Waals surface area contributed by atoms with Gasteiger partial charge in [-0.25, -0.2) is 8.42 Å². The van der Waals surface area contributed by atoms with Gasteiger partial charge in [-0.05, 0) is 44.8 Å². The van der Waals surface area contributed by atoms with Crippen LogP contribution in [0.4, 0.5) is 0 Å². The molecule has 0 saturated carbocycles. The Labute approximate surface area is 185 Å². The van der Waals surface area contributed by atoms with Gasteiger partial charge in [0.25, 0.3) is 0 Å². The minimum absolute atomic E-state index is 0.0748. The molecule has 8 heteroatoms. The highest BCUT2D eigenvalue weighted by atomic mass is 32.2. The summed E-state index contributed by atoms with van der Waals surface area (Å²) in [5.74, 6) is 0.941. The van der Waals surface area contributed by atoms with Crippen molar-refractivity contribution in [3.05, 3.63) is 42.5 Å². The van der Waals surface area contributed by atoms with Crippen molar-refractivity contribution in [2.45, 2.75) is 30.9 Å². The lowest BCUT2D eigenvalue weighted by Crippen LogP contribution is -2.49. The highest BCUT2D eigenvalue weighted by Crippen LogP contribution is 2.38. The molecule has 1 aliphatic rings. The zero-order valence-electron chi connectivity index (χ0n) is 18.8. The van der Waals surface area contributed by atoms with Crippen molar-refractivity contribution >= 4 is 10.0 Å². The Kier molecular flexibility index (Phi) is 7.26. The second-order valence-corrected chi connectivity index (χ2v) is 10.2. The number of sulfonamides is 1. The molecule has 0 unspecified atom stereocenters. The Morgan fingerprint density at radius 3 is 2.61 bits per heavy atom. The molecule has 1 aliphatic heterocycles. The summed E-state index contributed by atoms with van der Waals surface area (Å²) in [6.07, 6.45) is -0.217. The van der Waals surface area contributed by atoms with E-state index in [0.29, 0.717) is 18.0 Å². The van der Waals surface area contributed by atoms with E-state index in [1.54, 1.807) is 32.2 Å². The van der Waals surface area contributed by atoms with Crippen molar-refractivity contribution in [1.29, 1.82) is 0 Å². The maximum Gasteiger partial charge on any atom is 0.247 e. The van der Waals surface area contributed by atoms with Gasteiger partial charge in [0.15, 0.2) is 0 Å². The van der Waals surface area contributed by atoms with Gasteiger partial charge in [0, 0.05) is 30.6 Å². The highest BCUT2D eigenvalue weighted by Gasteiger charge is 2.38. The van der Waals surface area contributed by atoms with Gasteiger partial charge >= 0.3 is 0 Å². The number of nitrogens with zero attached hydrogens (tertiary/aromatic N) is 2. The van der Waals surface area contributed by atoms with Crippen molar-refractivity contribution < 1.29 is 23.0 Å². The molecule has 2 aromatic rings. The first-order valence-electron chi connectivity index (χ1n) is 10.4. The number of benzene rings is 2. The monoisotopic (exact) mass is 448 g/mol. The fourth-order valence-corrected chi connectivity index (χ4v) is 5.68. The Hall–Kier alpha value is -2.13. The Morgan fingerprint density at radius 1 is 1.26 bits per heavy atom. The highest BCUT2D eigenvalue weighted by molar-refractivity contribution is 7.89. The number of fused-ring (bicyclic) bond motifs is 1. The molecule has 3 atom stereocenters. The topological polar surface area (TPSA) is 79.3 Å². The number of aliphatic hydroxyl groups is 1. The van der Waals surface area contributed by atoms with E-state index in [-0.39, 0.29) is 30.1 Å². The fraction of sp³-hybridized carbons (Fsp3) is 0.478. The average Bonchev–Trinajstić information content (AvgIpc) is 2.75. The van der Waals surface area contributed by atoms with E-state index in [2.05, 4.69) is 0 Å². The molecule has 0 aliphatic carbocycles. The summed E-state index contributed by atoms with van der Waals surface area (Å²) < 4.78 is 40.3. The van der Waals surface area contributed by atoms with Crippen LogP contribution in [0.5, 0.6) is 11.5 Å². The van der Waals surface area contributed by atoms with Gasteiger partial charge in [-0.3, -0.25) is 0 Å². The summed E-state index contributed by atoms with van der Waals surface area (Å²) in [6.45, 7) is 4.36. The molecule has 7 nitrogen and oxygen atoms in total. The predicted octanol–water partition coefficient (Wildman–Crippen LogP) is 2.69. The van der Waals surface area contributed by atoms with Gasteiger partial charge < -0.3 is 19.5 Å². The minimum Gasteiger partial charge on any atom is -0.496 e. The molecule has 0 radical (unpaired) electrons. The van der Waals surface area contributed by atoms with Crippen LogP contribution in [0.25, 0.3) is 11.1 Å². The molecule has 31 heavy (non-hydrogen) atoms. The number of likely N-dealkylation sites (N-methyl/N-ethyl adjacent to an activating group) is 1. The zero-order chi connectivity index (χ0) is 22.8. The van der Waals surface area contributed by atoms with Crippen LogP contribution < -0.4 is 9.47 Å². The largest absolute Gasteiger partial charge is 0.496 e. The van der Waals surface area contributed by atoms with E-state index in [1.165, 1.54) is 4.31 Å². The van der Waals surface area contributed by atoms with Crippen LogP contribution in [-0.2, 0) is 10.0 Å². The maximum absolute atomic E-state index is 13.5. The van der Waals surface area contributed by atoms with E-state index in [1.807, 2.05) is 50.2 Å². The van der Waals surface area contributed by atoms with E-state index in [0.717, 1.165) is 11.1 Å². The number of ether oxygens (including phenoxy) is 2. The second-order valence-electron chi connectivity index (χ2n) is 8.36. The van der Waals surface area contributed by atoms with Crippen molar-refractivity contribution in [1.82, 2.24) is 9.21 Å². The summed E-state index contributed by atoms with van der Waals surface area (Å²) in [7, 11) is 1.69. The van der Waals surface area contributed by atoms with Gasteiger partial charge in [-0.1, -0.05) is 31.2 Å². The molecule has 1 heterocycles. The number of hydrogen-bond acceptors (Lipinski definition) is 6. The number of para-hydroxylation sites is 1. The summed E-state index contributed by atoms with van der Waals surface area (Å²) in [4.78, 5) is 2.14. The van der Waals surface area contributed by atoms with E-state index >= 15 is 0 Å². The summed E-state index contributed by atoms with van der Waals surface area (Å²) in [6, 6.07) is 12.2. The Balaban J connectivity index is 2.18. The normalized spacial score (nSPS) is 22.2. The van der Waals surface area contributed by atoms with Crippen molar-refractivity contribution in [3.63, 3.8) is 0 Å². The summed E-state index contributed by atoms with van der Waals surface area (Å²) in [5, 5.41) is 9.72. The molecule has 0 bridgehead atoms. The third kappa shape index (κ3) is 4.87. The van der Waals surface area contributed by atoms with Gasteiger partial charge in [0.05, 0.1) is 13.7 Å². The lowest BCUT2D eigenvalue weighted by Gasteiger charge is -2.37. The van der Waals surface area contributed by atoms with Crippen molar-refractivity contribution in [2.24, 2.45) is 5.92 Å². The van der Waals surface area contributed by atoms with Crippen LogP contribution >= 0.6 is 0 Å². The molecule has 2 aromatic carbocycles. The zero-order valence-corrected chi connectivity index (χ0v) is 19.6. The van der Waals surface area contributed by atoms with E-state index in [4.69, 9.17) is 9.47 Å². The maximum atomic E-state index is 13.5. The van der Waals surface area contributed by atoms with Gasteiger partial charge in [-0.15, -0.1) is 0 Å². The molecule has 3 rings (SSSR count). The SMILES string of the molecule is COc1ccccc1-c1ccc2c(c1)O[C@H](CN(C)C)[C@H](C)CN([C@H](C)CO)S2(=O)=O. The first-order chi connectivity index (χ1) is 14.7. The lowest BCUT2D eigenvalue weighted by atomic mass is 10.0. The van der Waals surface area contributed by atoms with E-state index < -0.39 is 16.1 Å². The number of aliphatic hydroxyl groups excluding tert-OH is 1. The first kappa shape index (κ1) is 23.5. The van der Waals surface area contributed by atoms with Crippen molar-refractivity contribution in [3.8, 4) is 22.6 Å². The summed E-state index contributed by atoms with van der Waals surface area (Å²) >= 11 is 0. The third-order valence-corrected chi connectivity index (χ3v) is 7.65. The van der Waals surface area contributed by atoms with Gasteiger partial charge in [0.1, 0.15) is 22.5 Å². The molecular weight excluding hydrogens is 416 g/mol. The quantitative estimate of drug-likeness (QED) is 0.732. The molecule has 170 valence electrons. The predicted molar refractivity (Wildman–Crippen MR) is 121 cm³/mol. The smallest absolute Gasteiger partial charge is 0.247 e. The van der Waals surface area contributed by atoms with Crippen LogP contribution in [0, 0.1) is 5.92 Å². The molecule has 0 fully saturated rings. The van der Waals surface area contributed by atoms with Crippen LogP contribution in [0.1, 0.15) is 13.8 Å². The van der Waals surface area contributed by atoms with Gasteiger partial charge in [-0.2, -0.15) is 4.31 Å². The van der Waals surface area contributed by atoms with Crippen LogP contribution in [0.3, 0.4) is 0 Å². The average molecular weight is 449 g/mol. The Morgan fingerprint density at radius 2 is 1.97 bits per heavy atom. The van der Waals surface area contributed by atoms with E-state index in [9.17, 15) is 13.5 Å². The van der Waals surface area contributed by atoms with Crippen LogP contribution in [-0.4, -0.2) is 75.8 Å².